The Kier molecular flexibility index (Phi) is 6.26. The third-order valence-corrected chi connectivity index (χ3v) is 3.79. The summed E-state index contributed by atoms with van der Waals surface area (Å²) in [5.41, 5.74) is 1.19. The second-order valence-corrected chi connectivity index (χ2v) is 6.19. The largest absolute Gasteiger partial charge is 0.490 e. The Bertz CT molecular complexity index is 1070. The Morgan fingerprint density at radius 1 is 1.03 bits per heavy atom. The summed E-state index contributed by atoms with van der Waals surface area (Å²) in [5.74, 6) is -0.476. The highest BCUT2D eigenvalue weighted by Crippen LogP contribution is 2.30. The number of benzene rings is 2. The third kappa shape index (κ3) is 5.11. The van der Waals surface area contributed by atoms with Crippen LogP contribution in [0, 0.1) is 0 Å². The molecule has 2 aromatic rings. The Labute approximate surface area is 172 Å². The number of esters is 3. The lowest BCUT2D eigenvalue weighted by atomic mass is 10.1. The van der Waals surface area contributed by atoms with Crippen LogP contribution in [0.2, 0.25) is 0 Å². The molecule has 0 bridgehead atoms. The molecule has 0 fully saturated rings. The fraction of sp³-hybridized carbons (Fsp3) is 0.182. The maximum Gasteiger partial charge on any atom is 0.363 e. The van der Waals surface area contributed by atoms with Crippen LogP contribution in [0.5, 0.6) is 17.2 Å². The molecular formula is C22H19NO7. The SMILES string of the molecule is CCOc1cc(C=C2N=C(c3cccc(OC(C)=O)c3)OC2=O)ccc1OC(C)=O. The van der Waals surface area contributed by atoms with Crippen molar-refractivity contribution < 1.29 is 33.3 Å². The summed E-state index contributed by atoms with van der Waals surface area (Å²) < 4.78 is 20.9. The lowest BCUT2D eigenvalue weighted by Gasteiger charge is -2.10. The second kappa shape index (κ2) is 9.04. The number of carbonyl (C=O) groups excluding carboxylic acids is 3. The normalized spacial score (nSPS) is 14.2. The Balaban J connectivity index is 1.89. The molecule has 30 heavy (non-hydrogen) atoms. The van der Waals surface area contributed by atoms with E-state index in [2.05, 4.69) is 4.99 Å². The van der Waals surface area contributed by atoms with E-state index in [1.54, 1.807) is 49.4 Å². The quantitative estimate of drug-likeness (QED) is 0.410. The number of cyclic esters (lactones) is 1. The van der Waals surface area contributed by atoms with Crippen molar-refractivity contribution in [1.82, 2.24) is 0 Å². The van der Waals surface area contributed by atoms with Crippen LogP contribution in [0.1, 0.15) is 31.9 Å². The predicted octanol–water partition coefficient (Wildman–Crippen LogP) is 3.28. The number of hydrogen-bond acceptors (Lipinski definition) is 8. The van der Waals surface area contributed by atoms with Crippen LogP contribution >= 0.6 is 0 Å². The first-order chi connectivity index (χ1) is 14.4. The molecule has 0 radical (unpaired) electrons. The van der Waals surface area contributed by atoms with Gasteiger partial charge >= 0.3 is 17.9 Å². The minimum absolute atomic E-state index is 0.0885. The van der Waals surface area contributed by atoms with Gasteiger partial charge in [0, 0.05) is 19.4 Å². The first-order valence-electron chi connectivity index (χ1n) is 9.12. The van der Waals surface area contributed by atoms with Crippen LogP contribution in [-0.2, 0) is 19.1 Å². The summed E-state index contributed by atoms with van der Waals surface area (Å²) in [4.78, 5) is 38.9. The zero-order valence-corrected chi connectivity index (χ0v) is 16.6. The van der Waals surface area contributed by atoms with Crippen LogP contribution in [0.15, 0.2) is 53.2 Å². The number of ether oxygens (including phenoxy) is 4. The molecule has 154 valence electrons. The maximum atomic E-state index is 12.3. The van der Waals surface area contributed by atoms with Gasteiger partial charge in [0.1, 0.15) is 5.75 Å². The lowest BCUT2D eigenvalue weighted by Crippen LogP contribution is -2.07. The van der Waals surface area contributed by atoms with Gasteiger partial charge in [-0.15, -0.1) is 0 Å². The fourth-order valence-corrected chi connectivity index (χ4v) is 2.67. The summed E-state index contributed by atoms with van der Waals surface area (Å²) in [6.45, 7) is 4.77. The lowest BCUT2D eigenvalue weighted by molar-refractivity contribution is -0.132. The molecule has 2 aromatic carbocycles. The standard InChI is InChI=1S/C22H19NO7/c1-4-27-20-11-15(8-9-19(20)29-14(3)25)10-18-22(26)30-21(23-18)16-6-5-7-17(12-16)28-13(2)24/h5-12H,4H2,1-3H3. The third-order valence-electron chi connectivity index (χ3n) is 3.79. The first-order valence-corrected chi connectivity index (χ1v) is 9.12. The number of rotatable bonds is 6. The van der Waals surface area contributed by atoms with Crippen molar-refractivity contribution in [3.63, 3.8) is 0 Å². The number of hydrogen-bond donors (Lipinski definition) is 0. The van der Waals surface area contributed by atoms with Gasteiger partial charge in [0.25, 0.3) is 0 Å². The molecule has 1 heterocycles. The van der Waals surface area contributed by atoms with Crippen LogP contribution in [0.25, 0.3) is 6.08 Å². The van der Waals surface area contributed by atoms with Gasteiger partial charge < -0.3 is 18.9 Å². The van der Waals surface area contributed by atoms with Crippen molar-refractivity contribution in [2.45, 2.75) is 20.8 Å². The van der Waals surface area contributed by atoms with E-state index in [-0.39, 0.29) is 17.3 Å². The summed E-state index contributed by atoms with van der Waals surface area (Å²) in [5, 5.41) is 0. The number of carbonyl (C=O) groups is 3. The molecular weight excluding hydrogens is 390 g/mol. The van der Waals surface area contributed by atoms with Crippen molar-refractivity contribution >= 4 is 29.9 Å². The van der Waals surface area contributed by atoms with Crippen molar-refractivity contribution in [1.29, 1.82) is 0 Å². The van der Waals surface area contributed by atoms with Crippen LogP contribution in [0.4, 0.5) is 0 Å². The van der Waals surface area contributed by atoms with Crippen molar-refractivity contribution in [3.05, 3.63) is 59.3 Å². The van der Waals surface area contributed by atoms with Gasteiger partial charge in [-0.3, -0.25) is 9.59 Å². The summed E-state index contributed by atoms with van der Waals surface area (Å²) in [6.07, 6.45) is 1.53. The molecule has 0 amide bonds. The van der Waals surface area contributed by atoms with E-state index in [0.717, 1.165) is 0 Å². The summed E-state index contributed by atoms with van der Waals surface area (Å²) >= 11 is 0. The average Bonchev–Trinajstić information content (AvgIpc) is 3.04. The summed E-state index contributed by atoms with van der Waals surface area (Å²) in [7, 11) is 0. The molecule has 0 aliphatic carbocycles. The molecule has 0 atom stereocenters. The summed E-state index contributed by atoms with van der Waals surface area (Å²) in [6, 6.07) is 11.4. The Morgan fingerprint density at radius 3 is 2.50 bits per heavy atom. The highest BCUT2D eigenvalue weighted by Gasteiger charge is 2.24. The fourth-order valence-electron chi connectivity index (χ4n) is 2.67. The minimum atomic E-state index is -0.620. The van der Waals surface area contributed by atoms with E-state index in [0.29, 0.717) is 29.2 Å². The van der Waals surface area contributed by atoms with E-state index in [4.69, 9.17) is 18.9 Å². The Morgan fingerprint density at radius 2 is 1.80 bits per heavy atom. The molecule has 1 aliphatic heterocycles. The van der Waals surface area contributed by atoms with Gasteiger partial charge in [-0.2, -0.15) is 0 Å². The highest BCUT2D eigenvalue weighted by molar-refractivity contribution is 6.13. The molecule has 0 aromatic heterocycles. The average molecular weight is 409 g/mol. The Hall–Kier alpha value is -3.94. The molecule has 0 saturated carbocycles. The van der Waals surface area contributed by atoms with Crippen LogP contribution in [-0.4, -0.2) is 30.4 Å². The van der Waals surface area contributed by atoms with E-state index in [9.17, 15) is 14.4 Å². The topological polar surface area (TPSA) is 100 Å². The van der Waals surface area contributed by atoms with E-state index >= 15 is 0 Å². The second-order valence-electron chi connectivity index (χ2n) is 6.19. The van der Waals surface area contributed by atoms with Gasteiger partial charge in [0.05, 0.1) is 6.61 Å². The molecule has 0 spiro atoms. The molecule has 0 saturated heterocycles. The maximum absolute atomic E-state index is 12.3. The van der Waals surface area contributed by atoms with Gasteiger partial charge in [-0.1, -0.05) is 12.1 Å². The van der Waals surface area contributed by atoms with Crippen LogP contribution < -0.4 is 14.2 Å². The zero-order valence-electron chi connectivity index (χ0n) is 16.6. The predicted molar refractivity (Wildman–Crippen MR) is 107 cm³/mol. The van der Waals surface area contributed by atoms with Gasteiger partial charge in [-0.25, -0.2) is 9.79 Å². The molecule has 8 nitrogen and oxygen atoms in total. The van der Waals surface area contributed by atoms with Gasteiger partial charge in [0.2, 0.25) is 5.90 Å². The monoisotopic (exact) mass is 409 g/mol. The van der Waals surface area contributed by atoms with Crippen molar-refractivity contribution in [3.8, 4) is 17.2 Å². The molecule has 0 unspecified atom stereocenters. The number of nitrogens with zero attached hydrogens (tertiary/aromatic N) is 1. The smallest absolute Gasteiger partial charge is 0.363 e. The van der Waals surface area contributed by atoms with Crippen molar-refractivity contribution in [2.75, 3.05) is 6.61 Å². The molecule has 3 rings (SSSR count). The van der Waals surface area contributed by atoms with Gasteiger partial charge in [-0.05, 0) is 48.9 Å². The van der Waals surface area contributed by atoms with Crippen molar-refractivity contribution in [2.24, 2.45) is 4.99 Å². The van der Waals surface area contributed by atoms with E-state index < -0.39 is 17.9 Å². The molecule has 8 heteroatoms. The molecule has 1 aliphatic rings. The number of aliphatic imine (C=N–C) groups is 1. The minimum Gasteiger partial charge on any atom is -0.490 e. The highest BCUT2D eigenvalue weighted by atomic mass is 16.6. The van der Waals surface area contributed by atoms with Gasteiger partial charge in [0.15, 0.2) is 17.2 Å². The van der Waals surface area contributed by atoms with E-state index in [1.807, 2.05) is 0 Å². The zero-order chi connectivity index (χ0) is 21.7. The van der Waals surface area contributed by atoms with E-state index in [1.165, 1.54) is 19.9 Å². The first kappa shape index (κ1) is 20.8. The molecule has 0 N–H and O–H groups in total. The van der Waals surface area contributed by atoms with Crippen LogP contribution in [0.3, 0.4) is 0 Å².